The van der Waals surface area contributed by atoms with Crippen LogP contribution in [-0.2, 0) is 20.1 Å². The molecule has 5 rings (SSSR count). The fourth-order valence-corrected chi connectivity index (χ4v) is 3.67. The minimum absolute atomic E-state index is 0. The number of aromatic nitrogens is 2. The van der Waals surface area contributed by atoms with E-state index in [2.05, 4.69) is 59.8 Å². The third-order valence-electron chi connectivity index (χ3n) is 4.87. The van der Waals surface area contributed by atoms with Crippen LogP contribution in [0.3, 0.4) is 0 Å². The summed E-state index contributed by atoms with van der Waals surface area (Å²) in [7, 11) is 0. The largest absolute Gasteiger partial charge is 0.500 e. The van der Waals surface area contributed by atoms with Crippen molar-refractivity contribution in [2.24, 2.45) is 0 Å². The summed E-state index contributed by atoms with van der Waals surface area (Å²) >= 11 is 0. The van der Waals surface area contributed by atoms with E-state index in [0.29, 0.717) is 0 Å². The van der Waals surface area contributed by atoms with Gasteiger partial charge in [-0.2, -0.15) is 0 Å². The van der Waals surface area contributed by atoms with Crippen LogP contribution in [0.25, 0.3) is 39.0 Å². The standard InChI is InChI=1S/C23H17N2O.Ir/c1-15-6-5-7-16(2)22(15)25-13-12-24-23(25)17-10-11-21-19(14-17)18-8-3-4-9-20(18)26-21;/h3-9,11-14H,1-2H3;/q-1;. The number of para-hydroxylation sites is 2. The van der Waals surface area contributed by atoms with E-state index >= 15 is 0 Å². The number of benzene rings is 3. The molecule has 3 nitrogen and oxygen atoms in total. The number of hydrogen-bond acceptors (Lipinski definition) is 2. The first-order chi connectivity index (χ1) is 12.7. The molecule has 0 unspecified atom stereocenters. The Balaban J connectivity index is 0.00000180. The SMILES string of the molecule is Cc1cccc(C)c1-n1ccnc1-c1[c-]cc2oc3ccccc3c2c1.[Ir]. The molecule has 135 valence electrons. The molecule has 27 heavy (non-hydrogen) atoms. The van der Waals surface area contributed by atoms with Crippen LogP contribution in [0.2, 0.25) is 0 Å². The number of furan rings is 1. The second-order valence-corrected chi connectivity index (χ2v) is 6.58. The van der Waals surface area contributed by atoms with Crippen LogP contribution in [0.5, 0.6) is 0 Å². The maximum absolute atomic E-state index is 5.92. The van der Waals surface area contributed by atoms with Crippen molar-refractivity contribution in [2.45, 2.75) is 13.8 Å². The molecule has 0 atom stereocenters. The van der Waals surface area contributed by atoms with Crippen molar-refractivity contribution in [3.05, 3.63) is 84.2 Å². The topological polar surface area (TPSA) is 31.0 Å². The van der Waals surface area contributed by atoms with Gasteiger partial charge in [0.05, 0.1) is 11.4 Å². The molecule has 0 aliphatic rings. The maximum atomic E-state index is 5.92. The Hall–Kier alpha value is -2.68. The van der Waals surface area contributed by atoms with Crippen molar-refractivity contribution in [1.82, 2.24) is 9.55 Å². The van der Waals surface area contributed by atoms with Crippen molar-refractivity contribution in [3.63, 3.8) is 0 Å². The first-order valence-electron chi connectivity index (χ1n) is 8.65. The fourth-order valence-electron chi connectivity index (χ4n) is 3.67. The molecule has 0 aliphatic heterocycles. The van der Waals surface area contributed by atoms with Crippen molar-refractivity contribution >= 4 is 21.9 Å². The molecule has 0 spiro atoms. The van der Waals surface area contributed by atoms with E-state index in [1.807, 2.05) is 36.7 Å². The summed E-state index contributed by atoms with van der Waals surface area (Å²) in [5.74, 6) is 0.884. The molecule has 5 aromatic rings. The third-order valence-corrected chi connectivity index (χ3v) is 4.87. The molecule has 0 bridgehead atoms. The predicted octanol–water partition coefficient (Wildman–Crippen LogP) is 5.85. The van der Waals surface area contributed by atoms with E-state index < -0.39 is 0 Å². The average Bonchev–Trinajstić information content (AvgIpc) is 3.25. The Morgan fingerprint density at radius 1 is 0.926 bits per heavy atom. The quantitative estimate of drug-likeness (QED) is 0.269. The predicted molar refractivity (Wildman–Crippen MR) is 105 cm³/mol. The third kappa shape index (κ3) is 2.82. The van der Waals surface area contributed by atoms with Gasteiger partial charge in [-0.25, -0.2) is 0 Å². The van der Waals surface area contributed by atoms with Gasteiger partial charge < -0.3 is 8.98 Å². The zero-order valence-corrected chi connectivity index (χ0v) is 17.4. The summed E-state index contributed by atoms with van der Waals surface area (Å²) in [6.45, 7) is 4.26. The molecular formula is C23H17IrN2O-. The maximum Gasteiger partial charge on any atom is 0.120 e. The van der Waals surface area contributed by atoms with Gasteiger partial charge in [-0.3, -0.25) is 4.98 Å². The Labute approximate surface area is 171 Å². The average molecular weight is 530 g/mol. The summed E-state index contributed by atoms with van der Waals surface area (Å²) in [6.07, 6.45) is 3.85. The van der Waals surface area contributed by atoms with E-state index in [0.717, 1.165) is 33.3 Å². The monoisotopic (exact) mass is 530 g/mol. The molecule has 0 amide bonds. The van der Waals surface area contributed by atoms with E-state index in [4.69, 9.17) is 4.42 Å². The van der Waals surface area contributed by atoms with E-state index in [-0.39, 0.29) is 20.1 Å². The summed E-state index contributed by atoms with van der Waals surface area (Å²) in [6, 6.07) is 21.8. The van der Waals surface area contributed by atoms with Gasteiger partial charge in [0.2, 0.25) is 0 Å². The Kier molecular flexibility index (Phi) is 4.47. The molecule has 4 heteroatoms. The summed E-state index contributed by atoms with van der Waals surface area (Å²) < 4.78 is 8.06. The van der Waals surface area contributed by atoms with Gasteiger partial charge in [0.15, 0.2) is 0 Å². The van der Waals surface area contributed by atoms with Crippen LogP contribution in [0, 0.1) is 19.9 Å². The van der Waals surface area contributed by atoms with Crippen LogP contribution in [0.4, 0.5) is 0 Å². The Morgan fingerprint density at radius 2 is 1.70 bits per heavy atom. The molecule has 1 radical (unpaired) electrons. The fraction of sp³-hybridized carbons (Fsp3) is 0.0870. The molecule has 2 aromatic heterocycles. The van der Waals surface area contributed by atoms with Crippen molar-refractivity contribution in [1.29, 1.82) is 0 Å². The van der Waals surface area contributed by atoms with E-state index in [9.17, 15) is 0 Å². The normalized spacial score (nSPS) is 11.0. The molecule has 0 aliphatic carbocycles. The minimum Gasteiger partial charge on any atom is -0.500 e. The number of aryl methyl sites for hydroxylation is 2. The number of rotatable bonds is 2. The van der Waals surface area contributed by atoms with E-state index in [1.54, 1.807) is 0 Å². The molecule has 0 N–H and O–H groups in total. The summed E-state index contributed by atoms with van der Waals surface area (Å²) in [4.78, 5) is 4.62. The zero-order chi connectivity index (χ0) is 17.7. The first-order valence-corrected chi connectivity index (χ1v) is 8.65. The number of hydrogen-bond donors (Lipinski definition) is 0. The Bertz CT molecular complexity index is 1250. The second-order valence-electron chi connectivity index (χ2n) is 6.58. The van der Waals surface area contributed by atoms with Crippen LogP contribution >= 0.6 is 0 Å². The zero-order valence-electron chi connectivity index (χ0n) is 15.0. The van der Waals surface area contributed by atoms with Crippen molar-refractivity contribution in [3.8, 4) is 17.1 Å². The number of nitrogens with zero attached hydrogens (tertiary/aromatic N) is 2. The van der Waals surface area contributed by atoms with Gasteiger partial charge in [0, 0.05) is 43.6 Å². The van der Waals surface area contributed by atoms with E-state index in [1.165, 1.54) is 16.8 Å². The molecular weight excluding hydrogens is 512 g/mol. The minimum atomic E-state index is 0. The molecule has 0 fully saturated rings. The van der Waals surface area contributed by atoms with Crippen LogP contribution in [-0.4, -0.2) is 9.55 Å². The van der Waals surface area contributed by atoms with Crippen molar-refractivity contribution < 1.29 is 24.5 Å². The van der Waals surface area contributed by atoms with Gasteiger partial charge in [0.1, 0.15) is 5.58 Å². The van der Waals surface area contributed by atoms with Gasteiger partial charge in [-0.05, 0) is 31.0 Å². The summed E-state index contributed by atoms with van der Waals surface area (Å²) in [5, 5.41) is 2.20. The smallest absolute Gasteiger partial charge is 0.120 e. The van der Waals surface area contributed by atoms with Crippen molar-refractivity contribution in [2.75, 3.05) is 0 Å². The summed E-state index contributed by atoms with van der Waals surface area (Å²) in [5.41, 5.74) is 6.31. The Morgan fingerprint density at radius 3 is 2.52 bits per heavy atom. The first kappa shape index (κ1) is 17.7. The second kappa shape index (κ2) is 6.80. The van der Waals surface area contributed by atoms with Crippen LogP contribution in [0.1, 0.15) is 11.1 Å². The molecule has 0 saturated carbocycles. The van der Waals surface area contributed by atoms with Gasteiger partial charge in [-0.15, -0.1) is 23.8 Å². The van der Waals surface area contributed by atoms with Crippen LogP contribution < -0.4 is 0 Å². The van der Waals surface area contributed by atoms with Gasteiger partial charge in [-0.1, -0.05) is 41.8 Å². The molecule has 3 aromatic carbocycles. The molecule has 0 saturated heterocycles. The number of fused-ring (bicyclic) bond motifs is 3. The number of imidazole rings is 1. The van der Waals surface area contributed by atoms with Gasteiger partial charge >= 0.3 is 0 Å². The van der Waals surface area contributed by atoms with Gasteiger partial charge in [0.25, 0.3) is 0 Å². The molecule has 2 heterocycles. The van der Waals surface area contributed by atoms with Crippen LogP contribution in [0.15, 0.2) is 71.4 Å².